The fraction of sp³-hybridized carbons (Fsp3) is 0.385. The second-order valence-electron chi connectivity index (χ2n) is 4.05. The Kier molecular flexibility index (Phi) is 5.04. The summed E-state index contributed by atoms with van der Waals surface area (Å²) in [4.78, 5) is 16.3. The van der Waals surface area contributed by atoms with E-state index in [0.29, 0.717) is 0 Å². The Morgan fingerprint density at radius 1 is 1.58 bits per heavy atom. The maximum absolute atomic E-state index is 10.6. The number of thiophene rings is 1. The van der Waals surface area contributed by atoms with Gasteiger partial charge in [-0.15, -0.1) is 11.3 Å². The number of carboxylic acids is 1. The molecule has 0 saturated carbocycles. The molecule has 19 heavy (non-hydrogen) atoms. The zero-order chi connectivity index (χ0) is 13.7. The molecule has 0 saturated heterocycles. The van der Waals surface area contributed by atoms with Crippen LogP contribution in [0.1, 0.15) is 17.5 Å². The molecule has 0 aromatic carbocycles. The summed E-state index contributed by atoms with van der Waals surface area (Å²) in [6.07, 6.45) is 3.71. The number of aliphatic carboxylic acids is 1. The van der Waals surface area contributed by atoms with Crippen LogP contribution in [0.15, 0.2) is 28.9 Å². The van der Waals surface area contributed by atoms with Crippen LogP contribution < -0.4 is 0 Å². The Morgan fingerprint density at radius 3 is 3.05 bits per heavy atom. The van der Waals surface area contributed by atoms with Gasteiger partial charge in [0.05, 0.1) is 5.75 Å². The number of aromatic nitrogens is 2. The number of rotatable bonds is 7. The van der Waals surface area contributed by atoms with Crippen molar-refractivity contribution in [1.82, 2.24) is 9.55 Å². The average Bonchev–Trinajstić information content (AvgIpc) is 3.02. The molecule has 2 aromatic rings. The Morgan fingerprint density at radius 2 is 2.42 bits per heavy atom. The van der Waals surface area contributed by atoms with Gasteiger partial charge in [0.2, 0.25) is 0 Å². The number of hydrogen-bond acceptors (Lipinski definition) is 4. The maximum atomic E-state index is 10.6. The van der Waals surface area contributed by atoms with Crippen LogP contribution in [0.4, 0.5) is 0 Å². The van der Waals surface area contributed by atoms with Crippen LogP contribution in [0.2, 0.25) is 0 Å². The fourth-order valence-corrected chi connectivity index (χ4v) is 3.27. The molecule has 0 amide bonds. The van der Waals surface area contributed by atoms with Crippen molar-refractivity contribution in [1.29, 1.82) is 0 Å². The summed E-state index contributed by atoms with van der Waals surface area (Å²) < 4.78 is 2.13. The molecule has 2 rings (SSSR count). The molecule has 0 aliphatic rings. The van der Waals surface area contributed by atoms with Crippen molar-refractivity contribution < 1.29 is 9.90 Å². The van der Waals surface area contributed by atoms with Gasteiger partial charge in [0, 0.05) is 23.3 Å². The second kappa shape index (κ2) is 6.77. The van der Waals surface area contributed by atoms with Gasteiger partial charge < -0.3 is 9.67 Å². The first-order valence-corrected chi connectivity index (χ1v) is 7.98. The van der Waals surface area contributed by atoms with E-state index < -0.39 is 5.97 Å². The largest absolute Gasteiger partial charge is 0.481 e. The van der Waals surface area contributed by atoms with Gasteiger partial charge >= 0.3 is 5.97 Å². The highest BCUT2D eigenvalue weighted by atomic mass is 32.2. The molecular weight excluding hydrogens is 280 g/mol. The first-order chi connectivity index (χ1) is 9.20. The van der Waals surface area contributed by atoms with E-state index in [2.05, 4.69) is 34.0 Å². The van der Waals surface area contributed by atoms with Gasteiger partial charge in [0.25, 0.3) is 0 Å². The highest BCUT2D eigenvalue weighted by Crippen LogP contribution is 2.20. The van der Waals surface area contributed by atoms with Gasteiger partial charge in [0.15, 0.2) is 5.16 Å². The zero-order valence-corrected chi connectivity index (χ0v) is 12.3. The molecular formula is C13H16N2O2S2. The van der Waals surface area contributed by atoms with Gasteiger partial charge in [0.1, 0.15) is 0 Å². The normalized spacial score (nSPS) is 10.8. The van der Waals surface area contributed by atoms with Crippen molar-refractivity contribution in [3.63, 3.8) is 0 Å². The van der Waals surface area contributed by atoms with Crippen molar-refractivity contribution >= 4 is 29.1 Å². The van der Waals surface area contributed by atoms with Crippen LogP contribution in [0.3, 0.4) is 0 Å². The van der Waals surface area contributed by atoms with E-state index in [0.717, 1.165) is 30.2 Å². The predicted molar refractivity (Wildman–Crippen MR) is 78.0 cm³/mol. The molecule has 6 heteroatoms. The van der Waals surface area contributed by atoms with Crippen LogP contribution >= 0.6 is 23.1 Å². The summed E-state index contributed by atoms with van der Waals surface area (Å²) in [6.45, 7) is 2.94. The summed E-state index contributed by atoms with van der Waals surface area (Å²) in [5.74, 6) is -0.755. The van der Waals surface area contributed by atoms with Crippen LogP contribution in [0.25, 0.3) is 0 Å². The molecule has 1 N–H and O–H groups in total. The number of nitrogens with zero attached hydrogens (tertiary/aromatic N) is 2. The molecule has 4 nitrogen and oxygen atoms in total. The lowest BCUT2D eigenvalue weighted by Gasteiger charge is -2.09. The van der Waals surface area contributed by atoms with Gasteiger partial charge in [-0.25, -0.2) is 4.98 Å². The number of imidazole rings is 1. The smallest absolute Gasteiger partial charge is 0.313 e. The second-order valence-corrected chi connectivity index (χ2v) is 6.02. The fourth-order valence-electron chi connectivity index (χ4n) is 1.83. The highest BCUT2D eigenvalue weighted by molar-refractivity contribution is 7.99. The number of aryl methyl sites for hydroxylation is 2. The molecule has 0 aliphatic carbocycles. The number of thioether (sulfide) groups is 1. The van der Waals surface area contributed by atoms with Crippen molar-refractivity contribution in [2.75, 3.05) is 5.75 Å². The SMILES string of the molecule is CCc1cnc(SCC(=O)O)n1CCc1cccs1. The summed E-state index contributed by atoms with van der Waals surface area (Å²) in [5.41, 5.74) is 1.16. The van der Waals surface area contributed by atoms with Crippen molar-refractivity contribution in [3.8, 4) is 0 Å². The Hall–Kier alpha value is -1.27. The van der Waals surface area contributed by atoms with Gasteiger partial charge in [-0.3, -0.25) is 4.79 Å². The predicted octanol–water partition coefficient (Wildman–Crippen LogP) is 2.93. The highest BCUT2D eigenvalue weighted by Gasteiger charge is 2.11. The summed E-state index contributed by atoms with van der Waals surface area (Å²) in [6, 6.07) is 4.17. The van der Waals surface area contributed by atoms with Crippen LogP contribution in [0, 0.1) is 0 Å². The van der Waals surface area contributed by atoms with E-state index in [9.17, 15) is 4.79 Å². The Labute approximate surface area is 120 Å². The maximum Gasteiger partial charge on any atom is 0.313 e. The third-order valence-electron chi connectivity index (χ3n) is 2.75. The van der Waals surface area contributed by atoms with Crippen molar-refractivity contribution in [3.05, 3.63) is 34.3 Å². The zero-order valence-electron chi connectivity index (χ0n) is 10.7. The lowest BCUT2D eigenvalue weighted by Crippen LogP contribution is -2.07. The van der Waals surface area contributed by atoms with Crippen LogP contribution in [-0.4, -0.2) is 26.4 Å². The molecule has 0 atom stereocenters. The molecule has 2 aromatic heterocycles. The quantitative estimate of drug-likeness (QED) is 0.798. The number of carbonyl (C=O) groups is 1. The van der Waals surface area contributed by atoms with Gasteiger partial charge in [-0.2, -0.15) is 0 Å². The number of carboxylic acid groups (broad SMARTS) is 1. The van der Waals surface area contributed by atoms with Gasteiger partial charge in [-0.1, -0.05) is 24.8 Å². The first-order valence-electron chi connectivity index (χ1n) is 6.12. The molecule has 0 fully saturated rings. The van der Waals surface area contributed by atoms with E-state index >= 15 is 0 Å². The molecule has 2 heterocycles. The van der Waals surface area contributed by atoms with E-state index in [1.807, 2.05) is 6.20 Å². The van der Waals surface area contributed by atoms with Crippen LogP contribution in [0.5, 0.6) is 0 Å². The van der Waals surface area contributed by atoms with E-state index in [1.54, 1.807) is 11.3 Å². The van der Waals surface area contributed by atoms with E-state index in [-0.39, 0.29) is 5.75 Å². The van der Waals surface area contributed by atoms with Gasteiger partial charge in [-0.05, 0) is 24.3 Å². The molecule has 102 valence electrons. The summed E-state index contributed by atoms with van der Waals surface area (Å²) >= 11 is 3.03. The first kappa shape index (κ1) is 14.1. The van der Waals surface area contributed by atoms with Crippen molar-refractivity contribution in [2.24, 2.45) is 0 Å². The Balaban J connectivity index is 2.07. The lowest BCUT2D eigenvalue weighted by molar-refractivity contribution is -0.133. The average molecular weight is 296 g/mol. The topological polar surface area (TPSA) is 55.1 Å². The molecule has 0 unspecified atom stereocenters. The molecule has 0 bridgehead atoms. The minimum absolute atomic E-state index is 0.0547. The molecule has 0 aliphatic heterocycles. The lowest BCUT2D eigenvalue weighted by atomic mass is 10.3. The minimum Gasteiger partial charge on any atom is -0.481 e. The van der Waals surface area contributed by atoms with Crippen LogP contribution in [-0.2, 0) is 24.2 Å². The third-order valence-corrected chi connectivity index (χ3v) is 4.66. The standard InChI is InChI=1S/C13H16N2O2S2/c1-2-10-8-14-13(19-9-12(16)17)15(10)6-5-11-4-3-7-18-11/h3-4,7-8H,2,5-6,9H2,1H3,(H,16,17). The monoisotopic (exact) mass is 296 g/mol. The number of hydrogen-bond donors (Lipinski definition) is 1. The molecule has 0 spiro atoms. The van der Waals surface area contributed by atoms with Crippen molar-refractivity contribution in [2.45, 2.75) is 31.5 Å². The molecule has 0 radical (unpaired) electrons. The summed E-state index contributed by atoms with van der Waals surface area (Å²) in [7, 11) is 0. The minimum atomic E-state index is -0.809. The third kappa shape index (κ3) is 3.84. The summed E-state index contributed by atoms with van der Waals surface area (Å²) in [5, 5.41) is 11.6. The van der Waals surface area contributed by atoms with E-state index in [4.69, 9.17) is 5.11 Å². The Bertz CT molecular complexity index is 535. The van der Waals surface area contributed by atoms with E-state index in [1.165, 1.54) is 16.6 Å².